The number of fused-ring (bicyclic) bond motifs is 1. The van der Waals surface area contributed by atoms with E-state index < -0.39 is 11.4 Å². The van der Waals surface area contributed by atoms with Gasteiger partial charge in [-0.2, -0.15) is 0 Å². The van der Waals surface area contributed by atoms with E-state index in [4.69, 9.17) is 9.47 Å². The van der Waals surface area contributed by atoms with Crippen LogP contribution in [-0.4, -0.2) is 37.5 Å². The van der Waals surface area contributed by atoms with Crippen LogP contribution in [0.4, 0.5) is 0 Å². The first-order valence-corrected chi connectivity index (χ1v) is 16.3. The van der Waals surface area contributed by atoms with Gasteiger partial charge in [0.15, 0.2) is 0 Å². The van der Waals surface area contributed by atoms with Gasteiger partial charge in [0.2, 0.25) is 0 Å². The number of aryl methyl sites for hydroxylation is 2. The van der Waals surface area contributed by atoms with E-state index in [2.05, 4.69) is 84.7 Å². The van der Waals surface area contributed by atoms with E-state index in [9.17, 15) is 9.90 Å². The topological polar surface area (TPSA) is 86.5 Å². The number of carboxylic acid groups (broad SMARTS) is 1. The van der Waals surface area contributed by atoms with Crippen LogP contribution in [0.5, 0.6) is 11.5 Å². The summed E-state index contributed by atoms with van der Waals surface area (Å²) in [5.41, 5.74) is 7.05. The molecule has 1 N–H and O–H groups in total. The molecule has 0 atom stereocenters. The normalized spacial score (nSPS) is 12.0. The average molecular weight is 638 g/mol. The SMILES string of the molecule is COc1ccnc(-c2ccc(Cn3c(CC(C)(C)C(=O)O)c(SC(C)(C)C)c4cc(OCc5ccc(C)c(C)n5)ccc43)cc2)c1. The average Bonchev–Trinajstić information content (AvgIpc) is 3.27. The number of ether oxygens (including phenoxy) is 2. The molecular weight excluding hydrogens is 595 g/mol. The van der Waals surface area contributed by atoms with Gasteiger partial charge in [-0.25, -0.2) is 0 Å². The lowest BCUT2D eigenvalue weighted by Crippen LogP contribution is -2.28. The van der Waals surface area contributed by atoms with Crippen LogP contribution in [0.1, 0.15) is 62.8 Å². The van der Waals surface area contributed by atoms with Gasteiger partial charge in [-0.1, -0.05) is 51.1 Å². The first-order chi connectivity index (χ1) is 21.7. The maximum atomic E-state index is 12.4. The van der Waals surface area contributed by atoms with E-state index in [1.54, 1.807) is 38.9 Å². The zero-order chi connectivity index (χ0) is 33.2. The second-order valence-electron chi connectivity index (χ2n) is 13.4. The summed E-state index contributed by atoms with van der Waals surface area (Å²) in [4.78, 5) is 22.7. The Hall–Kier alpha value is -4.30. The summed E-state index contributed by atoms with van der Waals surface area (Å²) in [6, 6.07) is 22.4. The molecule has 0 spiro atoms. The van der Waals surface area contributed by atoms with Crippen LogP contribution in [-0.2, 0) is 24.4 Å². The van der Waals surface area contributed by atoms with Gasteiger partial charge in [0.25, 0.3) is 0 Å². The Morgan fingerprint density at radius 3 is 2.33 bits per heavy atom. The van der Waals surface area contributed by atoms with Crippen molar-refractivity contribution in [3.63, 3.8) is 0 Å². The quantitative estimate of drug-likeness (QED) is 0.145. The molecule has 0 aliphatic heterocycles. The Bertz CT molecular complexity index is 1870. The number of pyridine rings is 2. The molecule has 46 heavy (non-hydrogen) atoms. The van der Waals surface area contributed by atoms with E-state index >= 15 is 0 Å². The third-order valence-corrected chi connectivity index (χ3v) is 9.31. The van der Waals surface area contributed by atoms with Crippen LogP contribution in [0.2, 0.25) is 0 Å². The van der Waals surface area contributed by atoms with Crippen LogP contribution >= 0.6 is 11.8 Å². The van der Waals surface area contributed by atoms with Crippen molar-refractivity contribution in [2.24, 2.45) is 5.41 Å². The summed E-state index contributed by atoms with van der Waals surface area (Å²) in [5.74, 6) is 0.687. The predicted molar refractivity (Wildman–Crippen MR) is 186 cm³/mol. The number of carboxylic acids is 1. The molecule has 0 bridgehead atoms. The summed E-state index contributed by atoms with van der Waals surface area (Å²) < 4.78 is 13.8. The third kappa shape index (κ3) is 7.56. The molecule has 3 aromatic heterocycles. The van der Waals surface area contributed by atoms with E-state index in [0.717, 1.165) is 66.8 Å². The lowest BCUT2D eigenvalue weighted by atomic mass is 9.88. The summed E-state index contributed by atoms with van der Waals surface area (Å²) >= 11 is 1.77. The van der Waals surface area contributed by atoms with Gasteiger partial charge in [0.1, 0.15) is 18.1 Å². The number of benzene rings is 2. The molecule has 240 valence electrons. The van der Waals surface area contributed by atoms with Crippen molar-refractivity contribution >= 4 is 28.6 Å². The minimum atomic E-state index is -0.963. The monoisotopic (exact) mass is 637 g/mol. The smallest absolute Gasteiger partial charge is 0.309 e. The van der Waals surface area contributed by atoms with Crippen molar-refractivity contribution in [2.45, 2.75) is 77.7 Å². The number of nitrogens with zero attached hydrogens (tertiary/aromatic N) is 3. The van der Waals surface area contributed by atoms with Gasteiger partial charge < -0.3 is 19.1 Å². The molecule has 0 fully saturated rings. The fourth-order valence-corrected chi connectivity index (χ4v) is 6.48. The Morgan fingerprint density at radius 1 is 0.935 bits per heavy atom. The first-order valence-electron chi connectivity index (χ1n) is 15.5. The number of aliphatic carboxylic acids is 1. The highest BCUT2D eigenvalue weighted by atomic mass is 32.2. The fraction of sp³-hybridized carbons (Fsp3) is 0.342. The zero-order valence-corrected chi connectivity index (χ0v) is 28.8. The van der Waals surface area contributed by atoms with Gasteiger partial charge in [-0.05, 0) is 69.2 Å². The number of methoxy groups -OCH3 is 1. The third-order valence-electron chi connectivity index (χ3n) is 8.04. The molecule has 0 aliphatic rings. The number of carbonyl (C=O) groups is 1. The maximum absolute atomic E-state index is 12.4. The minimum Gasteiger partial charge on any atom is -0.497 e. The van der Waals surface area contributed by atoms with Crippen LogP contribution in [0.3, 0.4) is 0 Å². The van der Waals surface area contributed by atoms with Gasteiger partial charge in [-0.3, -0.25) is 14.8 Å². The van der Waals surface area contributed by atoms with Crippen LogP contribution in [0, 0.1) is 19.3 Å². The second-order valence-corrected chi connectivity index (χ2v) is 15.2. The number of hydrogen-bond donors (Lipinski definition) is 1. The molecule has 2 aromatic carbocycles. The number of rotatable bonds is 11. The molecule has 5 aromatic rings. The highest BCUT2D eigenvalue weighted by molar-refractivity contribution is 8.00. The van der Waals surface area contributed by atoms with Crippen molar-refractivity contribution in [1.29, 1.82) is 0 Å². The molecule has 0 amide bonds. The van der Waals surface area contributed by atoms with E-state index in [-0.39, 0.29) is 4.75 Å². The Balaban J connectivity index is 1.57. The molecular formula is C38H43N3O4S. The number of aromatic nitrogens is 3. The lowest BCUT2D eigenvalue weighted by Gasteiger charge is -2.24. The number of hydrogen-bond acceptors (Lipinski definition) is 6. The fourth-order valence-electron chi connectivity index (χ4n) is 5.30. The van der Waals surface area contributed by atoms with Crippen LogP contribution < -0.4 is 9.47 Å². The molecule has 0 aliphatic carbocycles. The van der Waals surface area contributed by atoms with Crippen LogP contribution in [0.25, 0.3) is 22.2 Å². The van der Waals surface area contributed by atoms with Crippen molar-refractivity contribution < 1.29 is 19.4 Å². The highest BCUT2D eigenvalue weighted by Gasteiger charge is 2.33. The van der Waals surface area contributed by atoms with E-state index in [1.165, 1.54) is 0 Å². The first kappa shape index (κ1) is 33.1. The Kier molecular flexibility index (Phi) is 9.49. The molecule has 0 unspecified atom stereocenters. The number of thioether (sulfide) groups is 1. The summed E-state index contributed by atoms with van der Waals surface area (Å²) in [6.07, 6.45) is 2.12. The zero-order valence-electron chi connectivity index (χ0n) is 28.0. The molecule has 0 saturated carbocycles. The molecule has 5 rings (SSSR count). The maximum Gasteiger partial charge on any atom is 0.309 e. The van der Waals surface area contributed by atoms with Crippen molar-refractivity contribution in [1.82, 2.24) is 14.5 Å². The summed E-state index contributed by atoms with van der Waals surface area (Å²) in [6.45, 7) is 15.2. The van der Waals surface area contributed by atoms with E-state index in [0.29, 0.717) is 19.6 Å². The van der Waals surface area contributed by atoms with Gasteiger partial charge in [-0.15, -0.1) is 11.8 Å². The van der Waals surface area contributed by atoms with Crippen molar-refractivity contribution in [2.75, 3.05) is 7.11 Å². The largest absolute Gasteiger partial charge is 0.497 e. The van der Waals surface area contributed by atoms with Gasteiger partial charge in [0, 0.05) is 62.7 Å². The van der Waals surface area contributed by atoms with Gasteiger partial charge in [0.05, 0.1) is 23.9 Å². The summed E-state index contributed by atoms with van der Waals surface area (Å²) in [5, 5.41) is 11.2. The molecule has 0 radical (unpaired) electrons. The van der Waals surface area contributed by atoms with Gasteiger partial charge >= 0.3 is 5.97 Å². The molecule has 3 heterocycles. The highest BCUT2D eigenvalue weighted by Crippen LogP contribution is 2.44. The molecule has 7 nitrogen and oxygen atoms in total. The lowest BCUT2D eigenvalue weighted by molar-refractivity contribution is -0.146. The van der Waals surface area contributed by atoms with Crippen molar-refractivity contribution in [3.05, 3.63) is 101 Å². The standard InChI is InChI=1S/C38H43N3O4S/c1-24-9-14-28(40-25(24)2)23-45-30-15-16-33-31(19-30)35(46-37(3,4)5)34(21-38(6,7)36(42)43)41(33)22-26-10-12-27(13-11-26)32-20-29(44-8)17-18-39-32/h9-20H,21-23H2,1-8H3,(H,42,43). The van der Waals surface area contributed by atoms with Crippen LogP contribution in [0.15, 0.2) is 77.8 Å². The Morgan fingerprint density at radius 2 is 1.67 bits per heavy atom. The minimum absolute atomic E-state index is 0.104. The molecule has 8 heteroatoms. The van der Waals surface area contributed by atoms with E-state index in [1.807, 2.05) is 31.2 Å². The second kappa shape index (κ2) is 13.2. The summed E-state index contributed by atoms with van der Waals surface area (Å²) in [7, 11) is 1.65. The predicted octanol–water partition coefficient (Wildman–Crippen LogP) is 8.89. The van der Waals surface area contributed by atoms with Crippen molar-refractivity contribution in [3.8, 4) is 22.8 Å². The molecule has 0 saturated heterocycles. The Labute approximate surface area is 276 Å².